The predicted octanol–water partition coefficient (Wildman–Crippen LogP) is 3.93. The summed E-state index contributed by atoms with van der Waals surface area (Å²) in [6, 6.07) is 18.0. The van der Waals surface area contributed by atoms with E-state index in [2.05, 4.69) is 10.6 Å². The number of amides is 2. The van der Waals surface area contributed by atoms with Gasteiger partial charge >= 0.3 is 0 Å². The Morgan fingerprint density at radius 2 is 1.83 bits per heavy atom. The van der Waals surface area contributed by atoms with E-state index in [-0.39, 0.29) is 18.4 Å². The van der Waals surface area contributed by atoms with Gasteiger partial charge in [-0.05, 0) is 48.0 Å². The summed E-state index contributed by atoms with van der Waals surface area (Å²) in [7, 11) is 1.60. The molecule has 0 fully saturated rings. The van der Waals surface area contributed by atoms with Crippen LogP contribution in [0.2, 0.25) is 5.02 Å². The van der Waals surface area contributed by atoms with E-state index in [4.69, 9.17) is 16.0 Å². The number of rotatable bonds is 8. The number of carbonyl (C=O) groups is 2. The molecule has 2 N–H and O–H groups in total. The van der Waals surface area contributed by atoms with Crippen LogP contribution < -0.4 is 10.6 Å². The number of hydrogen-bond donors (Lipinski definition) is 2. The van der Waals surface area contributed by atoms with Gasteiger partial charge in [-0.25, -0.2) is 0 Å². The van der Waals surface area contributed by atoms with Crippen LogP contribution in [0.3, 0.4) is 0 Å². The summed E-state index contributed by atoms with van der Waals surface area (Å²) in [6.07, 6.45) is 1.61. The van der Waals surface area contributed by atoms with Crippen molar-refractivity contribution in [3.05, 3.63) is 88.8 Å². The number of anilines is 1. The Morgan fingerprint density at radius 1 is 1.03 bits per heavy atom. The van der Waals surface area contributed by atoms with Crippen molar-refractivity contribution in [1.82, 2.24) is 10.2 Å². The lowest BCUT2D eigenvalue weighted by Gasteiger charge is -2.21. The highest BCUT2D eigenvalue weighted by molar-refractivity contribution is 6.30. The van der Waals surface area contributed by atoms with Crippen molar-refractivity contribution < 1.29 is 14.0 Å². The molecule has 0 aliphatic rings. The molecule has 0 aliphatic heterocycles. The van der Waals surface area contributed by atoms with E-state index in [1.807, 2.05) is 29.2 Å². The lowest BCUT2D eigenvalue weighted by atomic mass is 10.1. The first-order chi connectivity index (χ1) is 14.0. The number of nitrogens with zero attached hydrogens (tertiary/aromatic N) is 1. The molecule has 150 valence electrons. The normalized spacial score (nSPS) is 10.7. The van der Waals surface area contributed by atoms with E-state index < -0.39 is 0 Å². The summed E-state index contributed by atoms with van der Waals surface area (Å²) < 4.78 is 5.44. The van der Waals surface area contributed by atoms with Crippen molar-refractivity contribution in [2.75, 3.05) is 18.9 Å². The van der Waals surface area contributed by atoms with Crippen LogP contribution in [0, 0.1) is 0 Å². The third-order valence-corrected chi connectivity index (χ3v) is 4.52. The Hall–Kier alpha value is -3.09. The molecule has 0 unspecified atom stereocenters. The Balaban J connectivity index is 1.68. The van der Waals surface area contributed by atoms with Gasteiger partial charge in [0.25, 0.3) is 5.91 Å². The second-order valence-corrected chi connectivity index (χ2v) is 7.00. The maximum atomic E-state index is 12.6. The summed E-state index contributed by atoms with van der Waals surface area (Å²) in [5.74, 6) is 0.480. The van der Waals surface area contributed by atoms with E-state index in [1.54, 1.807) is 49.7 Å². The molecule has 0 saturated heterocycles. The minimum Gasteiger partial charge on any atom is -0.468 e. The molecule has 0 bridgehead atoms. The quantitative estimate of drug-likeness (QED) is 0.589. The average molecular weight is 412 g/mol. The molecule has 0 aliphatic carbocycles. The summed E-state index contributed by atoms with van der Waals surface area (Å²) in [6.45, 7) is 1.18. The summed E-state index contributed by atoms with van der Waals surface area (Å²) in [4.78, 5) is 26.2. The number of carbonyl (C=O) groups excluding carboxylic acids is 2. The van der Waals surface area contributed by atoms with Gasteiger partial charge in [0.05, 0.1) is 19.4 Å². The molecule has 1 heterocycles. The number of hydrogen-bond acceptors (Lipinski definition) is 4. The average Bonchev–Trinajstić information content (AvgIpc) is 3.21. The molecule has 2 aromatic carbocycles. The zero-order chi connectivity index (χ0) is 20.6. The van der Waals surface area contributed by atoms with Crippen molar-refractivity contribution in [2.24, 2.45) is 0 Å². The lowest BCUT2D eigenvalue weighted by molar-refractivity contribution is -0.117. The predicted molar refractivity (Wildman–Crippen MR) is 113 cm³/mol. The third kappa shape index (κ3) is 6.20. The van der Waals surface area contributed by atoms with E-state index in [0.717, 1.165) is 11.3 Å². The molecule has 7 heteroatoms. The fraction of sp³-hybridized carbons (Fsp3) is 0.182. The molecule has 1 aromatic heterocycles. The summed E-state index contributed by atoms with van der Waals surface area (Å²) >= 11 is 5.98. The number of furan rings is 1. The molecule has 3 rings (SSSR count). The zero-order valence-corrected chi connectivity index (χ0v) is 16.8. The lowest BCUT2D eigenvalue weighted by Crippen LogP contribution is -2.32. The zero-order valence-electron chi connectivity index (χ0n) is 16.0. The highest BCUT2D eigenvalue weighted by Crippen LogP contribution is 2.16. The van der Waals surface area contributed by atoms with Gasteiger partial charge in [0.2, 0.25) is 5.91 Å². The molecule has 2 amide bonds. The van der Waals surface area contributed by atoms with Crippen LogP contribution in [0.4, 0.5) is 5.69 Å². The molecular formula is C22H22ClN3O3. The first-order valence-electron chi connectivity index (χ1n) is 9.14. The Labute approximate surface area is 174 Å². The second-order valence-electron chi connectivity index (χ2n) is 6.56. The van der Waals surface area contributed by atoms with Crippen molar-refractivity contribution in [3.8, 4) is 0 Å². The molecular weight excluding hydrogens is 390 g/mol. The summed E-state index contributed by atoms with van der Waals surface area (Å²) in [5, 5.41) is 6.02. The highest BCUT2D eigenvalue weighted by atomic mass is 35.5. The van der Waals surface area contributed by atoms with Crippen molar-refractivity contribution in [1.29, 1.82) is 0 Å². The smallest absolute Gasteiger partial charge is 0.251 e. The van der Waals surface area contributed by atoms with Gasteiger partial charge in [-0.2, -0.15) is 0 Å². The van der Waals surface area contributed by atoms with Crippen LogP contribution in [0.5, 0.6) is 0 Å². The minimum atomic E-state index is -0.152. The highest BCUT2D eigenvalue weighted by Gasteiger charge is 2.14. The number of benzene rings is 2. The maximum Gasteiger partial charge on any atom is 0.251 e. The summed E-state index contributed by atoms with van der Waals surface area (Å²) in [5.41, 5.74) is 2.22. The van der Waals surface area contributed by atoms with Crippen molar-refractivity contribution in [2.45, 2.75) is 13.1 Å². The van der Waals surface area contributed by atoms with Crippen LogP contribution in [0.1, 0.15) is 21.7 Å². The fourth-order valence-corrected chi connectivity index (χ4v) is 3.11. The largest absolute Gasteiger partial charge is 0.468 e. The molecule has 3 aromatic rings. The van der Waals surface area contributed by atoms with Gasteiger partial charge in [-0.3, -0.25) is 14.5 Å². The first kappa shape index (κ1) is 20.6. The van der Waals surface area contributed by atoms with Crippen LogP contribution in [-0.4, -0.2) is 30.3 Å². The van der Waals surface area contributed by atoms with Crippen LogP contribution in [0.15, 0.2) is 71.3 Å². The monoisotopic (exact) mass is 411 g/mol. The Kier molecular flexibility index (Phi) is 7.05. The fourth-order valence-electron chi connectivity index (χ4n) is 2.92. The van der Waals surface area contributed by atoms with Gasteiger partial charge in [0, 0.05) is 29.9 Å². The standard InChI is InChI=1S/C22H22ClN3O3/c1-24-22(28)17-9-7-16(8-10-17)13-26(14-20-6-3-11-29-20)15-21(27)25-19-5-2-4-18(23)12-19/h2-12H,13-15H2,1H3,(H,24,28)(H,25,27). The number of nitrogens with one attached hydrogen (secondary N) is 2. The van der Waals surface area contributed by atoms with Crippen LogP contribution in [0.25, 0.3) is 0 Å². The number of halogens is 1. The molecule has 0 saturated carbocycles. The topological polar surface area (TPSA) is 74.6 Å². The van der Waals surface area contributed by atoms with E-state index in [1.165, 1.54) is 0 Å². The molecule has 29 heavy (non-hydrogen) atoms. The third-order valence-electron chi connectivity index (χ3n) is 4.28. The Morgan fingerprint density at radius 3 is 2.48 bits per heavy atom. The van der Waals surface area contributed by atoms with E-state index >= 15 is 0 Å². The van der Waals surface area contributed by atoms with E-state index in [9.17, 15) is 9.59 Å². The van der Waals surface area contributed by atoms with Crippen molar-refractivity contribution >= 4 is 29.1 Å². The van der Waals surface area contributed by atoms with Crippen molar-refractivity contribution in [3.63, 3.8) is 0 Å². The van der Waals surface area contributed by atoms with Gasteiger partial charge in [0.1, 0.15) is 5.76 Å². The van der Waals surface area contributed by atoms with Gasteiger partial charge < -0.3 is 15.1 Å². The van der Waals surface area contributed by atoms with Crippen LogP contribution >= 0.6 is 11.6 Å². The maximum absolute atomic E-state index is 12.6. The molecule has 0 radical (unpaired) electrons. The molecule has 6 nitrogen and oxygen atoms in total. The minimum absolute atomic E-state index is 0.134. The van der Waals surface area contributed by atoms with Gasteiger partial charge in [0.15, 0.2) is 0 Å². The van der Waals surface area contributed by atoms with Gasteiger partial charge in [-0.1, -0.05) is 29.8 Å². The molecule has 0 atom stereocenters. The Bertz CT molecular complexity index is 956. The van der Waals surface area contributed by atoms with E-state index in [0.29, 0.717) is 29.4 Å². The molecule has 0 spiro atoms. The first-order valence-corrected chi connectivity index (χ1v) is 9.52. The SMILES string of the molecule is CNC(=O)c1ccc(CN(CC(=O)Nc2cccc(Cl)c2)Cc2ccco2)cc1. The second kappa shape index (κ2) is 9.91. The van der Waals surface area contributed by atoms with Gasteiger partial charge in [-0.15, -0.1) is 0 Å². The van der Waals surface area contributed by atoms with Crippen LogP contribution in [-0.2, 0) is 17.9 Å².